The molecule has 0 saturated heterocycles. The molecule has 3 nitrogen and oxygen atoms in total. The molecule has 1 rings (SSSR count). The number of nitrogens with two attached hydrogens (primary N) is 1. The molecule has 1 aliphatic carbocycles. The number of carboxylic acids is 1. The summed E-state index contributed by atoms with van der Waals surface area (Å²) in [5.41, 5.74) is 5.41. The summed E-state index contributed by atoms with van der Waals surface area (Å²) in [6, 6.07) is -0.697. The van der Waals surface area contributed by atoms with E-state index in [2.05, 4.69) is 12.2 Å². The van der Waals surface area contributed by atoms with Gasteiger partial charge in [-0.3, -0.25) is 4.79 Å². The van der Waals surface area contributed by atoms with E-state index >= 15 is 0 Å². The Morgan fingerprint density at radius 1 is 1.69 bits per heavy atom. The summed E-state index contributed by atoms with van der Waals surface area (Å²) < 4.78 is 0. The van der Waals surface area contributed by atoms with Crippen LogP contribution in [0, 0.1) is 5.92 Å². The Labute approximate surface area is 84.4 Å². The molecule has 13 heavy (non-hydrogen) atoms. The smallest absolute Gasteiger partial charge is 0.320 e. The van der Waals surface area contributed by atoms with Crippen molar-refractivity contribution in [3.05, 3.63) is 12.2 Å². The highest BCUT2D eigenvalue weighted by Gasteiger charge is 2.17. The maximum Gasteiger partial charge on any atom is 0.320 e. The number of hydrogen-bond donors (Lipinski definition) is 2. The third-order valence-corrected chi connectivity index (χ3v) is 2.23. The number of carbonyl (C=O) groups is 1. The molecule has 2 unspecified atom stereocenters. The molecule has 0 fully saturated rings. The molecule has 76 valence electrons. The van der Waals surface area contributed by atoms with Gasteiger partial charge in [-0.2, -0.15) is 0 Å². The molecule has 0 aliphatic heterocycles. The van der Waals surface area contributed by atoms with Crippen molar-refractivity contribution in [2.24, 2.45) is 11.7 Å². The van der Waals surface area contributed by atoms with Crippen LogP contribution in [-0.4, -0.2) is 17.1 Å². The molecule has 0 radical (unpaired) electrons. The van der Waals surface area contributed by atoms with Crippen LogP contribution in [0.1, 0.15) is 25.7 Å². The second-order valence-corrected chi connectivity index (χ2v) is 3.30. The van der Waals surface area contributed by atoms with E-state index in [1.54, 1.807) is 0 Å². The zero-order valence-corrected chi connectivity index (χ0v) is 8.30. The van der Waals surface area contributed by atoms with Gasteiger partial charge in [-0.25, -0.2) is 0 Å². The van der Waals surface area contributed by atoms with Gasteiger partial charge in [0, 0.05) is 0 Å². The van der Waals surface area contributed by atoms with E-state index in [4.69, 9.17) is 10.8 Å². The van der Waals surface area contributed by atoms with Crippen LogP contribution in [0.5, 0.6) is 0 Å². The van der Waals surface area contributed by atoms with Gasteiger partial charge in [0.15, 0.2) is 0 Å². The topological polar surface area (TPSA) is 63.3 Å². The first-order chi connectivity index (χ1) is 5.70. The van der Waals surface area contributed by atoms with Crippen LogP contribution in [0.15, 0.2) is 12.2 Å². The molecule has 0 saturated carbocycles. The van der Waals surface area contributed by atoms with Crippen molar-refractivity contribution in [3.63, 3.8) is 0 Å². The Bertz CT molecular complexity index is 194. The predicted octanol–water partition coefficient (Wildman–Crippen LogP) is 1.57. The van der Waals surface area contributed by atoms with E-state index in [1.807, 2.05) is 0 Å². The van der Waals surface area contributed by atoms with Gasteiger partial charge in [0.05, 0.1) is 0 Å². The number of rotatable bonds is 3. The minimum atomic E-state index is -0.894. The van der Waals surface area contributed by atoms with Gasteiger partial charge in [-0.05, 0) is 31.6 Å². The highest BCUT2D eigenvalue weighted by Crippen LogP contribution is 2.20. The first-order valence-electron chi connectivity index (χ1n) is 4.35. The highest BCUT2D eigenvalue weighted by atomic mass is 35.5. The van der Waals surface area contributed by atoms with Crippen LogP contribution in [0.3, 0.4) is 0 Å². The van der Waals surface area contributed by atoms with Crippen LogP contribution in [-0.2, 0) is 4.79 Å². The van der Waals surface area contributed by atoms with E-state index in [9.17, 15) is 4.79 Å². The first kappa shape index (κ1) is 12.5. The molecule has 3 N–H and O–H groups in total. The van der Waals surface area contributed by atoms with Crippen LogP contribution < -0.4 is 5.73 Å². The average Bonchev–Trinajstić information content (AvgIpc) is 2.06. The lowest BCUT2D eigenvalue weighted by atomic mass is 9.90. The summed E-state index contributed by atoms with van der Waals surface area (Å²) in [4.78, 5) is 10.4. The van der Waals surface area contributed by atoms with Gasteiger partial charge in [-0.1, -0.05) is 12.2 Å². The summed E-state index contributed by atoms with van der Waals surface area (Å²) in [7, 11) is 0. The molecule has 0 heterocycles. The summed E-state index contributed by atoms with van der Waals surface area (Å²) in [6.45, 7) is 0. The number of halogens is 1. The lowest BCUT2D eigenvalue weighted by molar-refractivity contribution is -0.138. The highest BCUT2D eigenvalue weighted by molar-refractivity contribution is 5.85. The van der Waals surface area contributed by atoms with Gasteiger partial charge in [0.1, 0.15) is 6.04 Å². The largest absolute Gasteiger partial charge is 0.480 e. The maximum absolute atomic E-state index is 10.4. The van der Waals surface area contributed by atoms with E-state index < -0.39 is 12.0 Å². The Morgan fingerprint density at radius 2 is 2.38 bits per heavy atom. The van der Waals surface area contributed by atoms with Crippen molar-refractivity contribution < 1.29 is 9.90 Å². The second kappa shape index (κ2) is 6.00. The molecular formula is C9H16ClNO2. The van der Waals surface area contributed by atoms with E-state index in [0.29, 0.717) is 12.3 Å². The zero-order valence-electron chi connectivity index (χ0n) is 7.48. The zero-order chi connectivity index (χ0) is 8.97. The van der Waals surface area contributed by atoms with Crippen LogP contribution >= 0.6 is 12.4 Å². The lowest BCUT2D eigenvalue weighted by Crippen LogP contribution is -2.32. The van der Waals surface area contributed by atoms with Gasteiger partial charge in [0.2, 0.25) is 0 Å². The van der Waals surface area contributed by atoms with Crippen molar-refractivity contribution in [2.75, 3.05) is 0 Å². The summed E-state index contributed by atoms with van der Waals surface area (Å²) in [5, 5.41) is 8.56. The minimum absolute atomic E-state index is 0. The normalized spacial score (nSPS) is 23.3. The number of allylic oxidation sites excluding steroid dienone is 2. The number of hydrogen-bond acceptors (Lipinski definition) is 2. The Hall–Kier alpha value is -0.540. The van der Waals surface area contributed by atoms with Crippen molar-refractivity contribution in [1.82, 2.24) is 0 Å². The fourth-order valence-electron chi connectivity index (χ4n) is 1.51. The number of carboxylic acid groups (broad SMARTS) is 1. The molecular weight excluding hydrogens is 190 g/mol. The van der Waals surface area contributed by atoms with Gasteiger partial charge in [-0.15, -0.1) is 12.4 Å². The van der Waals surface area contributed by atoms with Crippen molar-refractivity contribution in [2.45, 2.75) is 31.7 Å². The molecule has 0 aromatic carbocycles. The van der Waals surface area contributed by atoms with Crippen LogP contribution in [0.25, 0.3) is 0 Å². The molecule has 2 atom stereocenters. The first-order valence-corrected chi connectivity index (χ1v) is 4.35. The Balaban J connectivity index is 0.00000144. The third kappa shape index (κ3) is 4.29. The van der Waals surface area contributed by atoms with E-state index in [1.165, 1.54) is 0 Å². The second-order valence-electron chi connectivity index (χ2n) is 3.30. The maximum atomic E-state index is 10.4. The lowest BCUT2D eigenvalue weighted by Gasteiger charge is -2.17. The van der Waals surface area contributed by atoms with Gasteiger partial charge >= 0.3 is 5.97 Å². The van der Waals surface area contributed by atoms with E-state index in [0.717, 1.165) is 19.3 Å². The fourth-order valence-corrected chi connectivity index (χ4v) is 1.51. The molecule has 1 aliphatic rings. The van der Waals surface area contributed by atoms with Crippen molar-refractivity contribution in [1.29, 1.82) is 0 Å². The summed E-state index contributed by atoms with van der Waals surface area (Å²) in [6.07, 6.45) is 8.14. The minimum Gasteiger partial charge on any atom is -0.480 e. The summed E-state index contributed by atoms with van der Waals surface area (Å²) >= 11 is 0. The molecule has 4 heteroatoms. The van der Waals surface area contributed by atoms with Crippen molar-refractivity contribution in [3.8, 4) is 0 Å². The molecule has 0 spiro atoms. The third-order valence-electron chi connectivity index (χ3n) is 2.23. The van der Waals surface area contributed by atoms with Gasteiger partial charge in [0.25, 0.3) is 0 Å². The fraction of sp³-hybridized carbons (Fsp3) is 0.667. The van der Waals surface area contributed by atoms with E-state index in [-0.39, 0.29) is 12.4 Å². The van der Waals surface area contributed by atoms with Crippen molar-refractivity contribution >= 4 is 18.4 Å². The average molecular weight is 206 g/mol. The number of aliphatic carboxylic acids is 1. The Kier molecular flexibility index (Phi) is 5.75. The van der Waals surface area contributed by atoms with Crippen LogP contribution in [0.2, 0.25) is 0 Å². The molecule has 0 amide bonds. The SMILES string of the molecule is Cl.NC(CC1C=CCCC1)C(=O)O. The summed E-state index contributed by atoms with van der Waals surface area (Å²) in [5.74, 6) is -0.515. The van der Waals surface area contributed by atoms with Crippen LogP contribution in [0.4, 0.5) is 0 Å². The van der Waals surface area contributed by atoms with Gasteiger partial charge < -0.3 is 10.8 Å². The monoisotopic (exact) mass is 205 g/mol. The quantitative estimate of drug-likeness (QED) is 0.688. The Morgan fingerprint density at radius 3 is 2.85 bits per heavy atom. The standard InChI is InChI=1S/C9H15NO2.ClH/c10-8(9(11)12)6-7-4-2-1-3-5-7;/h2,4,7-8H,1,3,5-6,10H2,(H,11,12);1H. The molecule has 0 aromatic heterocycles. The predicted molar refractivity (Wildman–Crippen MR) is 54.0 cm³/mol. The molecule has 0 bridgehead atoms. The molecule has 0 aromatic rings.